The average molecular weight is 497 g/mol. The van der Waals surface area contributed by atoms with Crippen LogP contribution in [0.5, 0.6) is 0 Å². The molecular formula is C24H49O8P. The van der Waals surface area contributed by atoms with Gasteiger partial charge in [-0.15, -0.1) is 0 Å². The van der Waals surface area contributed by atoms with Gasteiger partial charge in [-0.1, -0.05) is 104 Å². The van der Waals surface area contributed by atoms with Crippen molar-refractivity contribution < 1.29 is 38.6 Å². The molecule has 0 aliphatic carbocycles. The highest BCUT2D eigenvalue weighted by Crippen LogP contribution is 2.47. The third-order valence-electron chi connectivity index (χ3n) is 5.96. The van der Waals surface area contributed by atoms with E-state index in [1.54, 1.807) is 6.92 Å². The Morgan fingerprint density at radius 3 is 1.70 bits per heavy atom. The molecule has 8 nitrogen and oxygen atoms in total. The average Bonchev–Trinajstić information content (AvgIpc) is 2.77. The predicted molar refractivity (Wildman–Crippen MR) is 130 cm³/mol. The van der Waals surface area contributed by atoms with Crippen molar-refractivity contribution in [1.29, 1.82) is 0 Å². The lowest BCUT2D eigenvalue weighted by atomic mass is 9.94. The van der Waals surface area contributed by atoms with Gasteiger partial charge in [0.1, 0.15) is 6.10 Å². The highest BCUT2D eigenvalue weighted by molar-refractivity contribution is 7.47. The molecule has 0 spiro atoms. The zero-order chi connectivity index (χ0) is 25.0. The van der Waals surface area contributed by atoms with Crippen LogP contribution in [0.15, 0.2) is 0 Å². The second-order valence-corrected chi connectivity index (χ2v) is 10.4. The third kappa shape index (κ3) is 18.5. The first-order valence-corrected chi connectivity index (χ1v) is 14.4. The topological polar surface area (TPSA) is 134 Å². The summed E-state index contributed by atoms with van der Waals surface area (Å²) in [5.74, 6) is -2.00. The zero-order valence-electron chi connectivity index (χ0n) is 20.8. The minimum absolute atomic E-state index is 0.262. The summed E-state index contributed by atoms with van der Waals surface area (Å²) in [5, 5.41) is 27.5. The summed E-state index contributed by atoms with van der Waals surface area (Å²) in [5.41, 5.74) is 0. The molecule has 3 unspecified atom stereocenters. The molecule has 0 fully saturated rings. The highest BCUT2D eigenvalue weighted by atomic mass is 31.2. The molecule has 9 heteroatoms. The lowest BCUT2D eigenvalue weighted by molar-refractivity contribution is -0.145. The lowest BCUT2D eigenvalue weighted by Gasteiger charge is -2.25. The second-order valence-electron chi connectivity index (χ2n) is 8.98. The number of unbranched alkanes of at least 4 members (excludes halogenated alkanes) is 13. The number of phosphoric ester groups is 1. The Hall–Kier alpha value is -0.500. The molecule has 0 amide bonds. The van der Waals surface area contributed by atoms with E-state index in [2.05, 4.69) is 6.92 Å². The van der Waals surface area contributed by atoms with E-state index in [-0.39, 0.29) is 6.42 Å². The zero-order valence-corrected chi connectivity index (χ0v) is 21.7. The van der Waals surface area contributed by atoms with Crippen LogP contribution in [0, 0.1) is 5.92 Å². The Bertz CT molecular complexity index is 517. The summed E-state index contributed by atoms with van der Waals surface area (Å²) >= 11 is 0. The normalized spacial score (nSPS) is 16.3. The quantitative estimate of drug-likeness (QED) is 0.0969. The molecule has 0 saturated heterocycles. The molecule has 0 saturated carbocycles. The SMILES string of the molecule is CCCCCCCCCCCCCCCCC(OP(=O)(O)OCC(O)CO)[C@H](CC)C(=O)O. The predicted octanol–water partition coefficient (Wildman–Crippen LogP) is 5.82. The van der Waals surface area contributed by atoms with E-state index in [9.17, 15) is 24.5 Å². The fraction of sp³-hybridized carbons (Fsp3) is 0.958. The number of hydrogen-bond donors (Lipinski definition) is 4. The number of carboxylic acid groups (broad SMARTS) is 1. The third-order valence-corrected chi connectivity index (χ3v) is 6.97. The minimum Gasteiger partial charge on any atom is -0.481 e. The van der Waals surface area contributed by atoms with Crippen molar-refractivity contribution in [3.63, 3.8) is 0 Å². The summed E-state index contributed by atoms with van der Waals surface area (Å²) in [6.45, 7) is 2.75. The van der Waals surface area contributed by atoms with Gasteiger partial charge in [-0.3, -0.25) is 13.8 Å². The number of carbonyl (C=O) groups is 1. The van der Waals surface area contributed by atoms with Gasteiger partial charge in [0.2, 0.25) is 0 Å². The first-order chi connectivity index (χ1) is 15.8. The van der Waals surface area contributed by atoms with Crippen LogP contribution in [-0.4, -0.2) is 51.6 Å². The Balaban J connectivity index is 4.13. The van der Waals surface area contributed by atoms with Crippen LogP contribution in [0.3, 0.4) is 0 Å². The number of carboxylic acids is 1. The largest absolute Gasteiger partial charge is 0.481 e. The highest BCUT2D eigenvalue weighted by Gasteiger charge is 2.34. The summed E-state index contributed by atoms with van der Waals surface area (Å²) in [7, 11) is -4.55. The van der Waals surface area contributed by atoms with Gasteiger partial charge >= 0.3 is 13.8 Å². The number of rotatable bonds is 24. The van der Waals surface area contributed by atoms with E-state index in [0.29, 0.717) is 12.8 Å². The molecule has 198 valence electrons. The first-order valence-electron chi connectivity index (χ1n) is 12.9. The van der Waals surface area contributed by atoms with E-state index in [1.807, 2.05) is 0 Å². The smallest absolute Gasteiger partial charge is 0.472 e. The van der Waals surface area contributed by atoms with Crippen LogP contribution in [0.25, 0.3) is 0 Å². The molecular weight excluding hydrogens is 447 g/mol. The molecule has 0 radical (unpaired) electrons. The van der Waals surface area contributed by atoms with Crippen LogP contribution in [0.2, 0.25) is 0 Å². The van der Waals surface area contributed by atoms with E-state index in [1.165, 1.54) is 64.2 Å². The van der Waals surface area contributed by atoms with Gasteiger partial charge in [0.25, 0.3) is 0 Å². The summed E-state index contributed by atoms with van der Waals surface area (Å²) in [6, 6.07) is 0. The maximum atomic E-state index is 12.2. The number of aliphatic hydroxyl groups is 2. The molecule has 0 rings (SSSR count). The van der Waals surface area contributed by atoms with Gasteiger partial charge in [-0.25, -0.2) is 4.57 Å². The van der Waals surface area contributed by atoms with Crippen molar-refractivity contribution in [3.8, 4) is 0 Å². The van der Waals surface area contributed by atoms with E-state index >= 15 is 0 Å². The fourth-order valence-corrected chi connectivity index (χ4v) is 4.91. The number of phosphoric acid groups is 1. The standard InChI is InChI=1S/C24H49O8P/c1-3-5-6-7-8-9-10-11-12-13-14-15-16-17-18-23(22(4-2)24(27)28)32-33(29,30)31-20-21(26)19-25/h21-23,25-26H,3-20H2,1-2H3,(H,27,28)(H,29,30)/t21?,22-,23?/m0/s1. The van der Waals surface area contributed by atoms with Gasteiger partial charge < -0.3 is 20.2 Å². The van der Waals surface area contributed by atoms with Crippen LogP contribution in [0.4, 0.5) is 0 Å². The van der Waals surface area contributed by atoms with Crippen molar-refractivity contribution >= 4 is 13.8 Å². The van der Waals surface area contributed by atoms with Gasteiger partial charge in [0.15, 0.2) is 0 Å². The van der Waals surface area contributed by atoms with Gasteiger partial charge in [0.05, 0.1) is 25.2 Å². The van der Waals surface area contributed by atoms with Gasteiger partial charge in [-0.2, -0.15) is 0 Å². The Kier molecular flexibility index (Phi) is 20.5. The van der Waals surface area contributed by atoms with Gasteiger partial charge in [0, 0.05) is 0 Å². The van der Waals surface area contributed by atoms with Crippen LogP contribution >= 0.6 is 7.82 Å². The molecule has 4 N–H and O–H groups in total. The molecule has 0 aliphatic rings. The fourth-order valence-electron chi connectivity index (χ4n) is 3.90. The molecule has 0 aromatic carbocycles. The molecule has 0 aromatic rings. The second kappa shape index (κ2) is 20.8. The number of aliphatic carboxylic acids is 1. The first kappa shape index (κ1) is 32.5. The van der Waals surface area contributed by atoms with Crippen molar-refractivity contribution in [3.05, 3.63) is 0 Å². The van der Waals surface area contributed by atoms with Crippen molar-refractivity contribution in [1.82, 2.24) is 0 Å². The molecule has 0 bridgehead atoms. The summed E-state index contributed by atoms with van der Waals surface area (Å²) in [4.78, 5) is 21.4. The molecule has 0 heterocycles. The molecule has 33 heavy (non-hydrogen) atoms. The minimum atomic E-state index is -4.55. The summed E-state index contributed by atoms with van der Waals surface area (Å²) < 4.78 is 22.0. The van der Waals surface area contributed by atoms with Crippen molar-refractivity contribution in [2.24, 2.45) is 5.92 Å². The number of aliphatic hydroxyl groups excluding tert-OH is 2. The van der Waals surface area contributed by atoms with Crippen molar-refractivity contribution in [2.75, 3.05) is 13.2 Å². The van der Waals surface area contributed by atoms with E-state index < -0.39 is 45.1 Å². The lowest BCUT2D eigenvalue weighted by Crippen LogP contribution is -2.30. The Morgan fingerprint density at radius 2 is 1.30 bits per heavy atom. The number of hydrogen-bond acceptors (Lipinski definition) is 6. The van der Waals surface area contributed by atoms with E-state index in [4.69, 9.17) is 14.2 Å². The molecule has 0 aliphatic heterocycles. The van der Waals surface area contributed by atoms with Crippen LogP contribution < -0.4 is 0 Å². The van der Waals surface area contributed by atoms with Crippen molar-refractivity contribution in [2.45, 2.75) is 129 Å². The van der Waals surface area contributed by atoms with Gasteiger partial charge in [-0.05, 0) is 12.8 Å². The van der Waals surface area contributed by atoms with E-state index in [0.717, 1.165) is 19.3 Å². The maximum Gasteiger partial charge on any atom is 0.472 e. The Morgan fingerprint density at radius 1 is 0.848 bits per heavy atom. The van der Waals surface area contributed by atoms with Crippen LogP contribution in [0.1, 0.15) is 117 Å². The molecule has 0 aromatic heterocycles. The summed E-state index contributed by atoms with van der Waals surface area (Å²) in [6.07, 6.45) is 15.3. The maximum absolute atomic E-state index is 12.2. The van der Waals surface area contributed by atoms with Crippen LogP contribution in [-0.2, 0) is 18.4 Å². The molecule has 4 atom stereocenters. The monoisotopic (exact) mass is 496 g/mol. The Labute approximate surface area is 200 Å².